The molecule has 3 aromatic rings. The highest BCUT2D eigenvalue weighted by Crippen LogP contribution is 2.31. The molecule has 3 aromatic carbocycles. The molecule has 0 saturated heterocycles. The molecule has 0 bridgehead atoms. The van der Waals surface area contributed by atoms with Crippen LogP contribution in [-0.4, -0.2) is 24.0 Å². The van der Waals surface area contributed by atoms with E-state index in [4.69, 9.17) is 0 Å². The largest absolute Gasteiger partial charge is 0.478 e. The quantitative estimate of drug-likeness (QED) is 0.709. The van der Waals surface area contributed by atoms with Crippen LogP contribution >= 0.6 is 0 Å². The molecule has 24 heavy (non-hydrogen) atoms. The average Bonchev–Trinajstić information content (AvgIpc) is 2.54. The summed E-state index contributed by atoms with van der Waals surface area (Å²) in [5.74, 6) is -1.39. The predicted octanol–water partition coefficient (Wildman–Crippen LogP) is 3.38. The van der Waals surface area contributed by atoms with Crippen LogP contribution in [0.5, 0.6) is 0 Å². The zero-order valence-electron chi connectivity index (χ0n) is 12.5. The van der Waals surface area contributed by atoms with Crippen LogP contribution in [0.25, 0.3) is 10.8 Å². The van der Waals surface area contributed by atoms with Crippen LogP contribution in [0.15, 0.2) is 65.6 Å². The van der Waals surface area contributed by atoms with Gasteiger partial charge >= 0.3 is 5.97 Å². The Hall–Kier alpha value is -2.70. The first-order valence-corrected chi connectivity index (χ1v) is 8.61. The molecule has 0 aliphatic carbocycles. The van der Waals surface area contributed by atoms with E-state index in [1.165, 1.54) is 6.07 Å². The third-order valence-electron chi connectivity index (χ3n) is 3.84. The van der Waals surface area contributed by atoms with Crippen molar-refractivity contribution in [2.75, 3.05) is 0 Å². The molecule has 2 N–H and O–H groups in total. The van der Waals surface area contributed by atoms with E-state index in [9.17, 15) is 22.9 Å². The van der Waals surface area contributed by atoms with Gasteiger partial charge in [-0.05, 0) is 34.4 Å². The Kier molecular flexibility index (Phi) is 4.09. The Bertz CT molecular complexity index is 1020. The lowest BCUT2D eigenvalue weighted by Crippen LogP contribution is -2.12. The van der Waals surface area contributed by atoms with Crippen LogP contribution in [0.4, 0.5) is 0 Å². The summed E-state index contributed by atoms with van der Waals surface area (Å²) in [4.78, 5) is 11.2. The number of fused-ring (bicyclic) bond motifs is 1. The summed E-state index contributed by atoms with van der Waals surface area (Å²) in [5.41, 5.74) is 0.817. The van der Waals surface area contributed by atoms with Crippen molar-refractivity contribution in [1.82, 2.24) is 0 Å². The maximum atomic E-state index is 11.7. The van der Waals surface area contributed by atoms with Gasteiger partial charge < -0.3 is 5.11 Å². The van der Waals surface area contributed by atoms with Gasteiger partial charge in [0.15, 0.2) is 0 Å². The number of aromatic carboxylic acids is 1. The van der Waals surface area contributed by atoms with Gasteiger partial charge in [-0.25, -0.2) is 4.79 Å². The zero-order valence-corrected chi connectivity index (χ0v) is 13.3. The van der Waals surface area contributed by atoms with Crippen LogP contribution in [0, 0.1) is 0 Å². The first-order valence-electron chi connectivity index (χ1n) is 7.17. The van der Waals surface area contributed by atoms with Gasteiger partial charge in [-0.15, -0.1) is 0 Å². The first kappa shape index (κ1) is 16.2. The number of benzene rings is 3. The molecule has 3 rings (SSSR count). The van der Waals surface area contributed by atoms with Crippen LogP contribution in [0.2, 0.25) is 0 Å². The second-order valence-electron chi connectivity index (χ2n) is 5.39. The Balaban J connectivity index is 2.39. The van der Waals surface area contributed by atoms with Crippen molar-refractivity contribution < 1.29 is 22.9 Å². The van der Waals surface area contributed by atoms with Gasteiger partial charge in [-0.2, -0.15) is 8.42 Å². The monoisotopic (exact) mass is 342 g/mol. The maximum Gasteiger partial charge on any atom is 0.337 e. The molecule has 0 atom stereocenters. The molecular formula is C18H14O5S. The molecule has 0 aromatic heterocycles. The van der Waals surface area contributed by atoms with Gasteiger partial charge in [0.25, 0.3) is 10.1 Å². The smallest absolute Gasteiger partial charge is 0.337 e. The van der Waals surface area contributed by atoms with E-state index in [0.29, 0.717) is 16.3 Å². The molecule has 0 saturated carbocycles. The highest BCUT2D eigenvalue weighted by molar-refractivity contribution is 7.86. The van der Waals surface area contributed by atoms with E-state index in [1.54, 1.807) is 24.3 Å². The van der Waals surface area contributed by atoms with Gasteiger partial charge in [0.05, 0.1) is 5.56 Å². The van der Waals surface area contributed by atoms with E-state index >= 15 is 0 Å². The van der Waals surface area contributed by atoms with Crippen LogP contribution in [0.1, 0.15) is 21.5 Å². The standard InChI is InChI=1S/C18H14O5S/c19-18(20)17-15(10-12-6-2-1-3-7-12)14-9-5-4-8-13(14)11-16(17)24(21,22)23/h1-9,11H,10H2,(H,19,20)(H,21,22,23). The van der Waals surface area contributed by atoms with Gasteiger partial charge in [0.1, 0.15) is 4.90 Å². The highest BCUT2D eigenvalue weighted by Gasteiger charge is 2.26. The van der Waals surface area contributed by atoms with Gasteiger partial charge in [0, 0.05) is 0 Å². The number of carboxylic acid groups (broad SMARTS) is 1. The molecular weight excluding hydrogens is 328 g/mol. The zero-order chi connectivity index (χ0) is 17.3. The SMILES string of the molecule is O=C(O)c1c(S(=O)(=O)O)cc2ccccc2c1Cc1ccccc1. The third kappa shape index (κ3) is 3.02. The van der Waals surface area contributed by atoms with Crippen molar-refractivity contribution in [2.45, 2.75) is 11.3 Å². The molecule has 0 aliphatic heterocycles. The summed E-state index contributed by atoms with van der Waals surface area (Å²) in [7, 11) is -4.67. The fourth-order valence-electron chi connectivity index (χ4n) is 2.82. The summed E-state index contributed by atoms with van der Waals surface area (Å²) in [6, 6.07) is 17.3. The molecule has 0 amide bonds. The molecule has 0 unspecified atom stereocenters. The van der Waals surface area contributed by atoms with Crippen LogP contribution in [-0.2, 0) is 16.5 Å². The first-order chi connectivity index (χ1) is 11.4. The highest BCUT2D eigenvalue weighted by atomic mass is 32.2. The van der Waals surface area contributed by atoms with E-state index in [-0.39, 0.29) is 12.0 Å². The maximum absolute atomic E-state index is 11.7. The lowest BCUT2D eigenvalue weighted by atomic mass is 9.93. The van der Waals surface area contributed by atoms with Crippen LogP contribution in [0.3, 0.4) is 0 Å². The average molecular weight is 342 g/mol. The van der Waals surface area contributed by atoms with Crippen molar-refractivity contribution >= 4 is 26.9 Å². The van der Waals surface area contributed by atoms with Crippen molar-refractivity contribution in [3.8, 4) is 0 Å². The van der Waals surface area contributed by atoms with Gasteiger partial charge in [-0.1, -0.05) is 54.6 Å². The summed E-state index contributed by atoms with van der Waals surface area (Å²) in [6.07, 6.45) is 0.242. The minimum absolute atomic E-state index is 0.242. The third-order valence-corrected chi connectivity index (χ3v) is 4.71. The number of rotatable bonds is 4. The van der Waals surface area contributed by atoms with E-state index in [2.05, 4.69) is 0 Å². The Morgan fingerprint density at radius 2 is 1.58 bits per heavy atom. The molecule has 6 heteroatoms. The number of carboxylic acids is 1. The Morgan fingerprint density at radius 3 is 2.21 bits per heavy atom. The van der Waals surface area contributed by atoms with Crippen molar-refractivity contribution in [3.63, 3.8) is 0 Å². The van der Waals surface area contributed by atoms with Gasteiger partial charge in [0.2, 0.25) is 0 Å². The molecule has 0 aliphatic rings. The van der Waals surface area contributed by atoms with Crippen molar-refractivity contribution in [1.29, 1.82) is 0 Å². The number of carbonyl (C=O) groups is 1. The summed E-state index contributed by atoms with van der Waals surface area (Å²) in [6.45, 7) is 0. The lowest BCUT2D eigenvalue weighted by Gasteiger charge is -2.14. The Morgan fingerprint density at radius 1 is 0.958 bits per heavy atom. The summed E-state index contributed by atoms with van der Waals surface area (Å²) >= 11 is 0. The van der Waals surface area contributed by atoms with E-state index in [1.807, 2.05) is 30.3 Å². The molecule has 5 nitrogen and oxygen atoms in total. The van der Waals surface area contributed by atoms with E-state index in [0.717, 1.165) is 5.56 Å². The fraction of sp³-hybridized carbons (Fsp3) is 0.0556. The lowest BCUT2D eigenvalue weighted by molar-refractivity contribution is 0.0691. The van der Waals surface area contributed by atoms with Crippen molar-refractivity contribution in [2.24, 2.45) is 0 Å². The van der Waals surface area contributed by atoms with Crippen LogP contribution < -0.4 is 0 Å². The Labute approximate surface area is 138 Å². The molecule has 0 fully saturated rings. The fourth-order valence-corrected chi connectivity index (χ4v) is 3.56. The van der Waals surface area contributed by atoms with Gasteiger partial charge in [-0.3, -0.25) is 4.55 Å². The minimum Gasteiger partial charge on any atom is -0.478 e. The summed E-state index contributed by atoms with van der Waals surface area (Å²) < 4.78 is 32.9. The second-order valence-corrected chi connectivity index (χ2v) is 6.78. The predicted molar refractivity (Wildman–Crippen MR) is 90.0 cm³/mol. The minimum atomic E-state index is -4.67. The van der Waals surface area contributed by atoms with Crippen molar-refractivity contribution in [3.05, 3.63) is 77.4 Å². The topological polar surface area (TPSA) is 91.7 Å². The number of hydrogen-bond acceptors (Lipinski definition) is 3. The molecule has 0 heterocycles. The molecule has 0 radical (unpaired) electrons. The molecule has 0 spiro atoms. The normalized spacial score (nSPS) is 11.5. The molecule has 122 valence electrons. The second kappa shape index (κ2) is 6.07. The van der Waals surface area contributed by atoms with E-state index < -0.39 is 21.0 Å². The summed E-state index contributed by atoms with van der Waals surface area (Å²) in [5, 5.41) is 10.8. The number of hydrogen-bond donors (Lipinski definition) is 2.